The summed E-state index contributed by atoms with van der Waals surface area (Å²) < 4.78 is 0. The highest BCUT2D eigenvalue weighted by molar-refractivity contribution is 5.59. The number of hydrogen-bond donors (Lipinski definition) is 1. The van der Waals surface area contributed by atoms with E-state index >= 15 is 0 Å². The maximum absolute atomic E-state index is 8.81. The molecule has 0 aromatic heterocycles. The van der Waals surface area contributed by atoms with Gasteiger partial charge in [0.05, 0.1) is 12.5 Å². The van der Waals surface area contributed by atoms with Gasteiger partial charge in [-0.2, -0.15) is 5.26 Å². The van der Waals surface area contributed by atoms with Crippen LogP contribution in [-0.4, -0.2) is 37.6 Å². The molecular formula is C14H20N4. The Labute approximate surface area is 109 Å². The highest BCUT2D eigenvalue weighted by atomic mass is 15.3. The number of hydrogen-bond acceptors (Lipinski definition) is 4. The molecule has 4 nitrogen and oxygen atoms in total. The van der Waals surface area contributed by atoms with Crippen LogP contribution in [0.1, 0.15) is 12.5 Å². The average molecular weight is 244 g/mol. The number of nitrogens with two attached hydrogens (primary N) is 1. The summed E-state index contributed by atoms with van der Waals surface area (Å²) in [6.45, 7) is 5.39. The van der Waals surface area contributed by atoms with Gasteiger partial charge in [0, 0.05) is 37.1 Å². The summed E-state index contributed by atoms with van der Waals surface area (Å²) in [7, 11) is 2.15. The first-order valence-corrected chi connectivity index (χ1v) is 6.32. The second-order valence-electron chi connectivity index (χ2n) is 5.02. The molecule has 0 radical (unpaired) electrons. The van der Waals surface area contributed by atoms with E-state index < -0.39 is 0 Å². The summed E-state index contributed by atoms with van der Waals surface area (Å²) in [5.41, 5.74) is 8.70. The number of nitrogen functional groups attached to an aromatic ring is 1. The minimum atomic E-state index is 0.377. The number of benzene rings is 1. The van der Waals surface area contributed by atoms with Crippen LogP contribution in [0, 0.1) is 11.3 Å². The van der Waals surface area contributed by atoms with E-state index in [0.717, 1.165) is 25.2 Å². The van der Waals surface area contributed by atoms with E-state index in [0.29, 0.717) is 18.2 Å². The van der Waals surface area contributed by atoms with Gasteiger partial charge in [0.15, 0.2) is 0 Å². The van der Waals surface area contributed by atoms with Crippen molar-refractivity contribution in [2.45, 2.75) is 19.4 Å². The second kappa shape index (κ2) is 5.28. The summed E-state index contributed by atoms with van der Waals surface area (Å²) >= 11 is 0. The Morgan fingerprint density at radius 1 is 1.44 bits per heavy atom. The number of likely N-dealkylation sites (N-methyl/N-ethyl adjacent to an activating group) is 1. The Hall–Kier alpha value is -1.73. The predicted octanol–water partition coefficient (Wildman–Crippen LogP) is 1.48. The van der Waals surface area contributed by atoms with Crippen LogP contribution in [-0.2, 0) is 6.42 Å². The molecule has 96 valence electrons. The topological polar surface area (TPSA) is 56.3 Å². The number of rotatable bonds is 2. The maximum Gasteiger partial charge on any atom is 0.0670 e. The lowest BCUT2D eigenvalue weighted by Crippen LogP contribution is -2.50. The summed E-state index contributed by atoms with van der Waals surface area (Å²) in [4.78, 5) is 4.73. The Kier molecular flexibility index (Phi) is 3.73. The SMILES string of the molecule is CC1CN(C)CCN1c1ccc(N)c(CC#N)c1. The van der Waals surface area contributed by atoms with Gasteiger partial charge < -0.3 is 15.5 Å². The second-order valence-corrected chi connectivity index (χ2v) is 5.02. The van der Waals surface area contributed by atoms with E-state index in [1.54, 1.807) is 0 Å². The van der Waals surface area contributed by atoms with Gasteiger partial charge in [0.2, 0.25) is 0 Å². The third kappa shape index (κ3) is 2.57. The quantitative estimate of drug-likeness (QED) is 0.801. The third-order valence-electron chi connectivity index (χ3n) is 3.56. The molecule has 1 aliphatic heterocycles. The van der Waals surface area contributed by atoms with Crippen LogP contribution in [0.3, 0.4) is 0 Å². The summed E-state index contributed by atoms with van der Waals surface area (Å²) in [6.07, 6.45) is 0.377. The fourth-order valence-corrected chi connectivity index (χ4v) is 2.53. The molecular weight excluding hydrogens is 224 g/mol. The van der Waals surface area contributed by atoms with Gasteiger partial charge in [-0.15, -0.1) is 0 Å². The molecule has 18 heavy (non-hydrogen) atoms. The van der Waals surface area contributed by atoms with Crippen molar-refractivity contribution in [1.29, 1.82) is 5.26 Å². The number of nitrogens with zero attached hydrogens (tertiary/aromatic N) is 3. The molecule has 0 spiro atoms. The summed E-state index contributed by atoms with van der Waals surface area (Å²) in [5, 5.41) is 8.81. The molecule has 1 saturated heterocycles. The Morgan fingerprint density at radius 3 is 2.89 bits per heavy atom. The molecule has 2 N–H and O–H groups in total. The number of piperazine rings is 1. The van der Waals surface area contributed by atoms with E-state index in [-0.39, 0.29) is 0 Å². The first-order chi connectivity index (χ1) is 8.61. The van der Waals surface area contributed by atoms with E-state index in [1.807, 2.05) is 6.07 Å². The lowest BCUT2D eigenvalue weighted by Gasteiger charge is -2.40. The van der Waals surface area contributed by atoms with Crippen molar-refractivity contribution in [3.63, 3.8) is 0 Å². The molecule has 4 heteroatoms. The van der Waals surface area contributed by atoms with Crippen LogP contribution < -0.4 is 10.6 Å². The fourth-order valence-electron chi connectivity index (χ4n) is 2.53. The minimum Gasteiger partial charge on any atom is -0.398 e. The van der Waals surface area contributed by atoms with E-state index in [4.69, 9.17) is 11.0 Å². The molecule has 2 rings (SSSR count). The van der Waals surface area contributed by atoms with Crippen molar-refractivity contribution >= 4 is 11.4 Å². The first-order valence-electron chi connectivity index (χ1n) is 6.32. The largest absolute Gasteiger partial charge is 0.398 e. The molecule has 1 heterocycles. The van der Waals surface area contributed by atoms with Crippen molar-refractivity contribution < 1.29 is 0 Å². The predicted molar refractivity (Wildman–Crippen MR) is 74.5 cm³/mol. The Balaban J connectivity index is 2.23. The number of nitriles is 1. The molecule has 1 aromatic rings. The highest BCUT2D eigenvalue weighted by Crippen LogP contribution is 2.24. The van der Waals surface area contributed by atoms with Gasteiger partial charge in [-0.25, -0.2) is 0 Å². The molecule has 1 unspecified atom stereocenters. The van der Waals surface area contributed by atoms with Crippen molar-refractivity contribution in [1.82, 2.24) is 4.90 Å². The lowest BCUT2D eigenvalue weighted by molar-refractivity contribution is 0.275. The zero-order chi connectivity index (χ0) is 13.1. The van der Waals surface area contributed by atoms with Crippen LogP contribution >= 0.6 is 0 Å². The van der Waals surface area contributed by atoms with Crippen molar-refractivity contribution in [3.05, 3.63) is 23.8 Å². The Bertz CT molecular complexity index is 463. The van der Waals surface area contributed by atoms with E-state index in [2.05, 4.69) is 42.0 Å². The van der Waals surface area contributed by atoms with E-state index in [1.165, 1.54) is 5.69 Å². The first kappa shape index (κ1) is 12.7. The molecule has 0 bridgehead atoms. The molecule has 1 fully saturated rings. The summed E-state index contributed by atoms with van der Waals surface area (Å²) in [5.74, 6) is 0. The Morgan fingerprint density at radius 2 is 2.22 bits per heavy atom. The highest BCUT2D eigenvalue weighted by Gasteiger charge is 2.21. The molecule has 0 amide bonds. The minimum absolute atomic E-state index is 0.377. The fraction of sp³-hybridized carbons (Fsp3) is 0.500. The maximum atomic E-state index is 8.81. The molecule has 0 saturated carbocycles. The van der Waals surface area contributed by atoms with Crippen LogP contribution in [0.15, 0.2) is 18.2 Å². The van der Waals surface area contributed by atoms with Gasteiger partial charge in [0.25, 0.3) is 0 Å². The van der Waals surface area contributed by atoms with Crippen molar-refractivity contribution in [2.24, 2.45) is 0 Å². The van der Waals surface area contributed by atoms with Gasteiger partial charge in [0.1, 0.15) is 0 Å². The van der Waals surface area contributed by atoms with Crippen LogP contribution in [0.25, 0.3) is 0 Å². The molecule has 1 aromatic carbocycles. The van der Waals surface area contributed by atoms with Crippen LogP contribution in [0.4, 0.5) is 11.4 Å². The molecule has 1 atom stereocenters. The van der Waals surface area contributed by atoms with Crippen molar-refractivity contribution in [3.8, 4) is 6.07 Å². The average Bonchev–Trinajstić information content (AvgIpc) is 2.33. The lowest BCUT2D eigenvalue weighted by atomic mass is 10.1. The summed E-state index contributed by atoms with van der Waals surface area (Å²) in [6, 6.07) is 8.67. The zero-order valence-corrected chi connectivity index (χ0v) is 11.1. The van der Waals surface area contributed by atoms with Gasteiger partial charge in [-0.3, -0.25) is 0 Å². The van der Waals surface area contributed by atoms with Gasteiger partial charge in [-0.1, -0.05) is 0 Å². The van der Waals surface area contributed by atoms with Crippen LogP contribution in [0.5, 0.6) is 0 Å². The molecule has 0 aliphatic carbocycles. The smallest absolute Gasteiger partial charge is 0.0670 e. The van der Waals surface area contributed by atoms with Crippen LogP contribution in [0.2, 0.25) is 0 Å². The third-order valence-corrected chi connectivity index (χ3v) is 3.56. The standard InChI is InChI=1S/C14H20N4/c1-11-10-17(2)7-8-18(11)13-3-4-14(16)12(9-13)5-6-15/h3-4,9,11H,5,7-8,10,16H2,1-2H3. The monoisotopic (exact) mass is 244 g/mol. The normalized spacial score (nSPS) is 20.7. The number of anilines is 2. The van der Waals surface area contributed by atoms with Gasteiger partial charge >= 0.3 is 0 Å². The van der Waals surface area contributed by atoms with Gasteiger partial charge in [-0.05, 0) is 37.7 Å². The zero-order valence-electron chi connectivity index (χ0n) is 11.1. The molecule has 1 aliphatic rings. The van der Waals surface area contributed by atoms with Crippen molar-refractivity contribution in [2.75, 3.05) is 37.3 Å². The van der Waals surface area contributed by atoms with E-state index in [9.17, 15) is 0 Å².